The maximum absolute atomic E-state index is 12.4. The van der Waals surface area contributed by atoms with E-state index >= 15 is 0 Å². The van der Waals surface area contributed by atoms with Gasteiger partial charge in [-0.1, -0.05) is 30.3 Å². The summed E-state index contributed by atoms with van der Waals surface area (Å²) >= 11 is 1.44. The average Bonchev–Trinajstić information content (AvgIpc) is 3.07. The molecule has 0 saturated carbocycles. The second-order valence-corrected chi connectivity index (χ2v) is 7.44. The van der Waals surface area contributed by atoms with Gasteiger partial charge < -0.3 is 10.6 Å². The van der Waals surface area contributed by atoms with Crippen LogP contribution in [0.2, 0.25) is 0 Å². The van der Waals surface area contributed by atoms with E-state index < -0.39 is 0 Å². The molecule has 0 atom stereocenters. The van der Waals surface area contributed by atoms with Crippen molar-refractivity contribution in [3.63, 3.8) is 0 Å². The number of hydrogen-bond donors (Lipinski definition) is 2. The fourth-order valence-electron chi connectivity index (χ4n) is 3.10. The highest BCUT2D eigenvalue weighted by atomic mass is 32.1. The Kier molecular flexibility index (Phi) is 6.35. The predicted octanol–water partition coefficient (Wildman–Crippen LogP) is 2.63. The number of nitrogens with zero attached hydrogens (tertiary/aromatic N) is 2. The van der Waals surface area contributed by atoms with Gasteiger partial charge in [0.15, 0.2) is 5.13 Å². The maximum Gasteiger partial charge on any atom is 0.223 e. The van der Waals surface area contributed by atoms with E-state index in [1.165, 1.54) is 18.3 Å². The molecule has 7 heteroatoms. The van der Waals surface area contributed by atoms with Crippen molar-refractivity contribution in [3.8, 4) is 0 Å². The second-order valence-electron chi connectivity index (χ2n) is 6.58. The van der Waals surface area contributed by atoms with Crippen LogP contribution in [-0.4, -0.2) is 34.8 Å². The molecule has 3 rings (SSSR count). The summed E-state index contributed by atoms with van der Waals surface area (Å²) in [7, 11) is 0. The van der Waals surface area contributed by atoms with Crippen molar-refractivity contribution in [1.82, 2.24) is 15.2 Å². The van der Waals surface area contributed by atoms with E-state index in [9.17, 15) is 9.59 Å². The minimum atomic E-state index is -0.103. The van der Waals surface area contributed by atoms with Gasteiger partial charge in [-0.3, -0.25) is 14.5 Å². The first-order valence-electron chi connectivity index (χ1n) is 8.86. The third-order valence-electron chi connectivity index (χ3n) is 4.49. The van der Waals surface area contributed by atoms with Crippen LogP contribution in [0.5, 0.6) is 0 Å². The van der Waals surface area contributed by atoms with Crippen molar-refractivity contribution in [1.29, 1.82) is 0 Å². The normalized spacial score (nSPS) is 15.6. The molecule has 2 N–H and O–H groups in total. The zero-order valence-corrected chi connectivity index (χ0v) is 15.7. The predicted molar refractivity (Wildman–Crippen MR) is 103 cm³/mol. The summed E-state index contributed by atoms with van der Waals surface area (Å²) in [6, 6.07) is 9.98. The molecule has 0 unspecified atom stereocenters. The molecule has 26 heavy (non-hydrogen) atoms. The monoisotopic (exact) mass is 372 g/mol. The SMILES string of the molecule is CC(=O)Nc1nc(CN2CCC(C(=O)NCc3ccccc3)CC2)cs1. The summed E-state index contributed by atoms with van der Waals surface area (Å²) < 4.78 is 0. The molecule has 2 aromatic rings. The van der Waals surface area contributed by atoms with Gasteiger partial charge in [0, 0.05) is 31.3 Å². The molecule has 1 aliphatic rings. The van der Waals surface area contributed by atoms with Gasteiger partial charge in [0.1, 0.15) is 0 Å². The quantitative estimate of drug-likeness (QED) is 0.817. The minimum absolute atomic E-state index is 0.0836. The van der Waals surface area contributed by atoms with E-state index in [2.05, 4.69) is 20.5 Å². The topological polar surface area (TPSA) is 74.3 Å². The molecule has 138 valence electrons. The molecule has 2 amide bonds. The summed E-state index contributed by atoms with van der Waals surface area (Å²) in [5.74, 6) is 0.128. The van der Waals surface area contributed by atoms with Gasteiger partial charge in [-0.05, 0) is 31.5 Å². The van der Waals surface area contributed by atoms with E-state index in [0.717, 1.165) is 43.7 Å². The van der Waals surface area contributed by atoms with Gasteiger partial charge in [0.05, 0.1) is 5.69 Å². The number of amides is 2. The van der Waals surface area contributed by atoms with Crippen LogP contribution >= 0.6 is 11.3 Å². The van der Waals surface area contributed by atoms with Gasteiger partial charge in [0.25, 0.3) is 0 Å². The van der Waals surface area contributed by atoms with Crippen LogP contribution in [0.25, 0.3) is 0 Å². The number of benzene rings is 1. The van der Waals surface area contributed by atoms with Gasteiger partial charge in [-0.15, -0.1) is 11.3 Å². The third-order valence-corrected chi connectivity index (χ3v) is 5.29. The number of nitrogens with one attached hydrogen (secondary N) is 2. The van der Waals surface area contributed by atoms with E-state index in [1.54, 1.807) is 0 Å². The van der Waals surface area contributed by atoms with Gasteiger partial charge in [-0.2, -0.15) is 0 Å². The largest absolute Gasteiger partial charge is 0.352 e. The molecular weight excluding hydrogens is 348 g/mol. The lowest BCUT2D eigenvalue weighted by molar-refractivity contribution is -0.126. The molecule has 1 aromatic heterocycles. The molecule has 0 spiro atoms. The van der Waals surface area contributed by atoms with Gasteiger partial charge >= 0.3 is 0 Å². The van der Waals surface area contributed by atoms with Gasteiger partial charge in [0.2, 0.25) is 11.8 Å². The van der Waals surface area contributed by atoms with Crippen molar-refractivity contribution in [2.24, 2.45) is 5.92 Å². The fourth-order valence-corrected chi connectivity index (χ4v) is 3.85. The highest BCUT2D eigenvalue weighted by Crippen LogP contribution is 2.21. The van der Waals surface area contributed by atoms with Crippen LogP contribution in [0.3, 0.4) is 0 Å². The summed E-state index contributed by atoms with van der Waals surface area (Å²) in [4.78, 5) is 30.2. The number of carbonyl (C=O) groups excluding carboxylic acids is 2. The fraction of sp³-hybridized carbons (Fsp3) is 0.421. The maximum atomic E-state index is 12.4. The molecule has 1 aromatic carbocycles. The van der Waals surface area contributed by atoms with Crippen LogP contribution in [0, 0.1) is 5.92 Å². The molecule has 0 aliphatic carbocycles. The van der Waals surface area contributed by atoms with Crippen molar-refractivity contribution < 1.29 is 9.59 Å². The van der Waals surface area contributed by atoms with E-state index in [0.29, 0.717) is 11.7 Å². The van der Waals surface area contributed by atoms with E-state index in [1.807, 2.05) is 35.7 Å². The Morgan fingerprint density at radius 2 is 1.96 bits per heavy atom. The van der Waals surface area contributed by atoms with Crippen molar-refractivity contribution >= 4 is 28.3 Å². The first-order valence-corrected chi connectivity index (χ1v) is 9.74. The molecule has 2 heterocycles. The highest BCUT2D eigenvalue weighted by Gasteiger charge is 2.25. The molecule has 0 radical (unpaired) electrons. The Bertz CT molecular complexity index is 739. The summed E-state index contributed by atoms with van der Waals surface area (Å²) in [6.45, 7) is 4.60. The van der Waals surface area contributed by atoms with Crippen LogP contribution in [0.4, 0.5) is 5.13 Å². The van der Waals surface area contributed by atoms with Crippen LogP contribution < -0.4 is 10.6 Å². The van der Waals surface area contributed by atoms with Gasteiger partial charge in [-0.25, -0.2) is 4.98 Å². The molecule has 0 bridgehead atoms. The Morgan fingerprint density at radius 1 is 1.23 bits per heavy atom. The summed E-state index contributed by atoms with van der Waals surface area (Å²) in [5.41, 5.74) is 2.09. The van der Waals surface area contributed by atoms with Crippen molar-refractivity contribution in [3.05, 3.63) is 47.0 Å². The summed E-state index contributed by atoms with van der Waals surface area (Å²) in [5, 5.41) is 8.37. The lowest BCUT2D eigenvalue weighted by Crippen LogP contribution is -2.40. The number of likely N-dealkylation sites (tertiary alicyclic amines) is 1. The standard InChI is InChI=1S/C19H24N4O2S/c1-14(24)21-19-22-17(13-26-19)12-23-9-7-16(8-10-23)18(25)20-11-15-5-3-2-4-6-15/h2-6,13,16H,7-12H2,1H3,(H,20,25)(H,21,22,24). The Morgan fingerprint density at radius 3 is 2.65 bits per heavy atom. The summed E-state index contributed by atoms with van der Waals surface area (Å²) in [6.07, 6.45) is 1.73. The van der Waals surface area contributed by atoms with Crippen molar-refractivity contribution in [2.75, 3.05) is 18.4 Å². The van der Waals surface area contributed by atoms with Crippen LogP contribution in [-0.2, 0) is 22.7 Å². The lowest BCUT2D eigenvalue weighted by Gasteiger charge is -2.30. The first kappa shape index (κ1) is 18.5. The number of anilines is 1. The highest BCUT2D eigenvalue weighted by molar-refractivity contribution is 7.13. The number of hydrogen-bond acceptors (Lipinski definition) is 5. The lowest BCUT2D eigenvalue weighted by atomic mass is 9.95. The Balaban J connectivity index is 1.41. The third kappa shape index (κ3) is 5.37. The second kappa shape index (κ2) is 8.91. The van der Waals surface area contributed by atoms with E-state index in [4.69, 9.17) is 0 Å². The Labute approximate surface area is 157 Å². The Hall–Kier alpha value is -2.25. The molecule has 6 nitrogen and oxygen atoms in total. The van der Waals surface area contributed by atoms with Crippen molar-refractivity contribution in [2.45, 2.75) is 32.9 Å². The smallest absolute Gasteiger partial charge is 0.223 e. The number of carbonyl (C=O) groups is 2. The number of rotatable bonds is 6. The zero-order chi connectivity index (χ0) is 18.4. The minimum Gasteiger partial charge on any atom is -0.352 e. The zero-order valence-electron chi connectivity index (χ0n) is 14.9. The van der Waals surface area contributed by atoms with Crippen LogP contribution in [0.1, 0.15) is 31.0 Å². The first-order chi connectivity index (χ1) is 12.6. The molecule has 1 saturated heterocycles. The number of aromatic nitrogens is 1. The molecule has 1 fully saturated rings. The molecular formula is C19H24N4O2S. The number of thiazole rings is 1. The number of piperidine rings is 1. The van der Waals surface area contributed by atoms with E-state index in [-0.39, 0.29) is 17.7 Å². The molecule has 1 aliphatic heterocycles. The average molecular weight is 372 g/mol. The van der Waals surface area contributed by atoms with Crippen LogP contribution in [0.15, 0.2) is 35.7 Å².